The maximum atomic E-state index is 13.6. The maximum Gasteiger partial charge on any atom is 0.329 e. The zero-order valence-electron chi connectivity index (χ0n) is 30.5. The van der Waals surface area contributed by atoms with Gasteiger partial charge in [-0.2, -0.15) is 0 Å². The van der Waals surface area contributed by atoms with Crippen LogP contribution in [-0.2, 0) is 33.5 Å². The first-order valence-corrected chi connectivity index (χ1v) is 17.6. The second kappa shape index (κ2) is 20.9. The quantitative estimate of drug-likeness (QED) is 0.157. The molecule has 12 heteroatoms. The topological polar surface area (TPSA) is 172 Å². The molecule has 0 unspecified atom stereocenters. The van der Waals surface area contributed by atoms with E-state index >= 15 is 0 Å². The second-order valence-corrected chi connectivity index (χ2v) is 14.6. The van der Waals surface area contributed by atoms with Crippen molar-refractivity contribution < 1.29 is 33.5 Å². The van der Waals surface area contributed by atoms with Crippen molar-refractivity contribution in [1.29, 1.82) is 0 Å². The van der Waals surface area contributed by atoms with Gasteiger partial charge in [-0.1, -0.05) is 94.4 Å². The van der Waals surface area contributed by atoms with Gasteiger partial charge >= 0.3 is 5.97 Å². The molecule has 1 heterocycles. The molecule has 1 rings (SSSR count). The summed E-state index contributed by atoms with van der Waals surface area (Å²) in [5.41, 5.74) is 0. The van der Waals surface area contributed by atoms with Gasteiger partial charge in [-0.05, 0) is 49.4 Å². The number of cyclic esters (lactones) is 1. The molecule has 0 bridgehead atoms. The van der Waals surface area contributed by atoms with Crippen LogP contribution in [0.2, 0.25) is 0 Å². The number of carbonyl (C=O) groups is 6. The molecule has 270 valence electrons. The third-order valence-corrected chi connectivity index (χ3v) is 8.64. The summed E-state index contributed by atoms with van der Waals surface area (Å²) in [6, 6.07) is -4.00. The fourth-order valence-electron chi connectivity index (χ4n) is 5.72. The molecule has 1 saturated heterocycles. The van der Waals surface area contributed by atoms with Crippen LogP contribution in [0.3, 0.4) is 0 Å². The van der Waals surface area contributed by atoms with Gasteiger partial charge in [0.1, 0.15) is 30.3 Å². The number of ether oxygens (including phenoxy) is 1. The number of esters is 1. The number of unbranched alkanes of at least 4 members (excludes halogenated alkanes) is 3. The van der Waals surface area contributed by atoms with E-state index in [1.165, 1.54) is 13.3 Å². The predicted molar refractivity (Wildman–Crippen MR) is 182 cm³/mol. The van der Waals surface area contributed by atoms with Crippen LogP contribution >= 0.6 is 0 Å². The van der Waals surface area contributed by atoms with Crippen LogP contribution < -0.4 is 26.6 Å². The lowest BCUT2D eigenvalue weighted by Crippen LogP contribution is -2.58. The number of hydrogen-bond donors (Lipinski definition) is 5. The monoisotopic (exact) mass is 665 g/mol. The molecule has 5 N–H and O–H groups in total. The first-order chi connectivity index (χ1) is 22.0. The summed E-state index contributed by atoms with van der Waals surface area (Å²) in [6.07, 6.45) is 5.66. The van der Waals surface area contributed by atoms with Crippen LogP contribution in [0.15, 0.2) is 0 Å². The molecule has 0 aromatic heterocycles. The minimum absolute atomic E-state index is 0.0265. The molecule has 0 saturated carbocycles. The number of carbonyl (C=O) groups excluding carboxylic acids is 6. The first-order valence-electron chi connectivity index (χ1n) is 17.6. The Morgan fingerprint density at radius 2 is 1.36 bits per heavy atom. The summed E-state index contributed by atoms with van der Waals surface area (Å²) in [5, 5.41) is 13.4. The molecule has 0 spiro atoms. The summed E-state index contributed by atoms with van der Waals surface area (Å²) < 4.78 is 5.96. The Labute approximate surface area is 282 Å². The van der Waals surface area contributed by atoms with Crippen LogP contribution in [0.25, 0.3) is 0 Å². The van der Waals surface area contributed by atoms with Gasteiger partial charge in [-0.3, -0.25) is 24.0 Å². The van der Waals surface area contributed by atoms with Gasteiger partial charge in [0.15, 0.2) is 0 Å². The molecular formula is C35H63N5O7. The molecule has 7 atom stereocenters. The van der Waals surface area contributed by atoms with Crippen molar-refractivity contribution in [1.82, 2.24) is 26.6 Å². The van der Waals surface area contributed by atoms with E-state index in [1.54, 1.807) is 27.7 Å². The molecule has 0 aliphatic carbocycles. The maximum absolute atomic E-state index is 13.6. The molecule has 1 aliphatic rings. The summed E-state index contributed by atoms with van der Waals surface area (Å²) >= 11 is 0. The third-order valence-electron chi connectivity index (χ3n) is 8.64. The van der Waals surface area contributed by atoms with Gasteiger partial charge in [-0.25, -0.2) is 4.79 Å². The van der Waals surface area contributed by atoms with Crippen LogP contribution in [-0.4, -0.2) is 72.3 Å². The van der Waals surface area contributed by atoms with E-state index in [1.807, 2.05) is 20.8 Å². The highest BCUT2D eigenvalue weighted by Gasteiger charge is 2.35. The van der Waals surface area contributed by atoms with Crippen molar-refractivity contribution in [3.8, 4) is 0 Å². The molecule has 1 fully saturated rings. The molecule has 5 amide bonds. The zero-order chi connectivity index (χ0) is 35.8. The number of hydrogen-bond acceptors (Lipinski definition) is 7. The summed E-state index contributed by atoms with van der Waals surface area (Å²) in [4.78, 5) is 79.5. The Kier molecular flexibility index (Phi) is 18.6. The smallest absolute Gasteiger partial charge is 0.329 e. The molecule has 1 aliphatic heterocycles. The van der Waals surface area contributed by atoms with Crippen LogP contribution in [0, 0.1) is 29.6 Å². The summed E-state index contributed by atoms with van der Waals surface area (Å²) in [6.45, 7) is 18.2. The Morgan fingerprint density at radius 1 is 0.723 bits per heavy atom. The summed E-state index contributed by atoms with van der Waals surface area (Å²) in [7, 11) is 0. The highest BCUT2D eigenvalue weighted by atomic mass is 16.5. The number of rotatable bonds is 12. The van der Waals surface area contributed by atoms with Gasteiger partial charge in [0.2, 0.25) is 29.5 Å². The van der Waals surface area contributed by atoms with Crippen molar-refractivity contribution in [2.45, 2.75) is 151 Å². The van der Waals surface area contributed by atoms with E-state index in [0.29, 0.717) is 12.3 Å². The predicted octanol–water partition coefficient (Wildman–Crippen LogP) is 3.37. The van der Waals surface area contributed by atoms with Crippen molar-refractivity contribution in [3.05, 3.63) is 0 Å². The molecule has 12 nitrogen and oxygen atoms in total. The Balaban J connectivity index is 3.37. The largest absolute Gasteiger partial charge is 0.460 e. The van der Waals surface area contributed by atoms with E-state index in [2.05, 4.69) is 40.4 Å². The Hall–Kier alpha value is -3.18. The molecule has 0 aromatic carbocycles. The van der Waals surface area contributed by atoms with Gasteiger partial charge in [-0.15, -0.1) is 0 Å². The van der Waals surface area contributed by atoms with Gasteiger partial charge in [0.05, 0.1) is 13.0 Å². The Bertz CT molecular complexity index is 1050. The van der Waals surface area contributed by atoms with E-state index in [-0.39, 0.29) is 36.6 Å². The average Bonchev–Trinajstić information content (AvgIpc) is 2.97. The van der Waals surface area contributed by atoms with Gasteiger partial charge < -0.3 is 31.3 Å². The van der Waals surface area contributed by atoms with E-state index < -0.39 is 65.8 Å². The van der Waals surface area contributed by atoms with Crippen LogP contribution in [0.5, 0.6) is 0 Å². The highest BCUT2D eigenvalue weighted by Crippen LogP contribution is 2.25. The van der Waals surface area contributed by atoms with Crippen molar-refractivity contribution >= 4 is 35.5 Å². The lowest BCUT2D eigenvalue weighted by atomic mass is 9.88. The summed E-state index contributed by atoms with van der Waals surface area (Å²) in [5.74, 6) is -3.90. The lowest BCUT2D eigenvalue weighted by Gasteiger charge is -2.30. The standard InChI is InChI=1S/C35H63N5O7/c1-11-12-13-14-15-23(8)17-24(9)27-18-28(41)36-19-29(42)39-30(21(4)5)34(45)38-26(16-20(2)3)33(44)37-25(10)32(43)40-31(22(6)7)35(46)47-27/h20-27,30-31H,11-19H2,1-10H3,(H,36,41)(H,37,44)(H,38,45)(H,39,42)(H,40,43)/t23-,24-,25-,26+,27-,30-,31-/m0/s1. The lowest BCUT2D eigenvalue weighted by molar-refractivity contribution is -0.158. The molecule has 0 radical (unpaired) electrons. The SMILES string of the molecule is CCCCCC[C@H](C)C[C@H](C)[C@@H]1CC(=O)NCC(=O)N[C@@H](C(C)C)C(=O)N[C@H](CC(C)C)C(=O)N[C@@H](C)C(=O)N[C@@H](C(C)C)C(=O)O1. The average molecular weight is 666 g/mol. The fourth-order valence-corrected chi connectivity index (χ4v) is 5.72. The number of nitrogens with one attached hydrogen (secondary N) is 5. The minimum atomic E-state index is -1.03. The van der Waals surface area contributed by atoms with E-state index in [9.17, 15) is 28.8 Å². The second-order valence-electron chi connectivity index (χ2n) is 14.6. The van der Waals surface area contributed by atoms with Crippen molar-refractivity contribution in [2.24, 2.45) is 29.6 Å². The van der Waals surface area contributed by atoms with Gasteiger partial charge in [0, 0.05) is 0 Å². The first kappa shape index (κ1) is 41.8. The van der Waals surface area contributed by atoms with Crippen LogP contribution in [0.4, 0.5) is 0 Å². The van der Waals surface area contributed by atoms with Crippen molar-refractivity contribution in [3.63, 3.8) is 0 Å². The number of amides is 5. The van der Waals surface area contributed by atoms with Crippen LogP contribution in [0.1, 0.15) is 121 Å². The Morgan fingerprint density at radius 3 is 1.94 bits per heavy atom. The fraction of sp³-hybridized carbons (Fsp3) is 0.829. The zero-order valence-corrected chi connectivity index (χ0v) is 30.5. The normalized spacial score (nSPS) is 25.9. The van der Waals surface area contributed by atoms with E-state index in [4.69, 9.17) is 4.74 Å². The molecular weight excluding hydrogens is 602 g/mol. The van der Waals surface area contributed by atoms with Crippen molar-refractivity contribution in [2.75, 3.05) is 6.54 Å². The van der Waals surface area contributed by atoms with E-state index in [0.717, 1.165) is 32.1 Å². The highest BCUT2D eigenvalue weighted by molar-refractivity contribution is 5.95. The van der Waals surface area contributed by atoms with Gasteiger partial charge in [0.25, 0.3) is 0 Å². The minimum Gasteiger partial charge on any atom is -0.460 e. The third kappa shape index (κ3) is 15.5. The molecule has 47 heavy (non-hydrogen) atoms. The molecule has 0 aromatic rings.